The predicted octanol–water partition coefficient (Wildman–Crippen LogP) is 1.55. The van der Waals surface area contributed by atoms with Gasteiger partial charge in [0, 0.05) is 17.8 Å². The summed E-state index contributed by atoms with van der Waals surface area (Å²) in [5.74, 6) is -1.56. The largest absolute Gasteiger partial charge is 0.466 e. The van der Waals surface area contributed by atoms with Gasteiger partial charge in [-0.2, -0.15) is 0 Å². The zero-order valence-electron chi connectivity index (χ0n) is 11.7. The molecule has 0 fully saturated rings. The average molecular weight is 294 g/mol. The van der Waals surface area contributed by atoms with Crippen molar-refractivity contribution in [2.24, 2.45) is 0 Å². The fourth-order valence-electron chi connectivity index (χ4n) is 1.44. The summed E-state index contributed by atoms with van der Waals surface area (Å²) in [4.78, 5) is 33.0. The molecule has 0 spiro atoms. The van der Waals surface area contributed by atoms with Crippen LogP contribution in [0.25, 0.3) is 0 Å². The number of nitro groups is 1. The van der Waals surface area contributed by atoms with E-state index in [1.54, 1.807) is 6.92 Å². The maximum Gasteiger partial charge on any atom is 0.354 e. The third-order valence-corrected chi connectivity index (χ3v) is 2.57. The molecule has 1 rings (SSSR count). The number of aryl methyl sites for hydroxylation is 1. The average Bonchev–Trinajstić information content (AvgIpc) is 2.47. The summed E-state index contributed by atoms with van der Waals surface area (Å²) < 4.78 is 8.97. The second-order valence-electron chi connectivity index (χ2n) is 3.95. The zero-order chi connectivity index (χ0) is 16.0. The first-order chi connectivity index (χ1) is 9.88. The van der Waals surface area contributed by atoms with Crippen LogP contribution in [0.4, 0.5) is 11.4 Å². The highest BCUT2D eigenvalue weighted by Crippen LogP contribution is 2.23. The minimum absolute atomic E-state index is 0.148. The van der Waals surface area contributed by atoms with Gasteiger partial charge in [-0.25, -0.2) is 9.59 Å². The van der Waals surface area contributed by atoms with Gasteiger partial charge in [-0.05, 0) is 12.5 Å². The summed E-state index contributed by atoms with van der Waals surface area (Å²) in [5.41, 5.74) is 0.628. The minimum atomic E-state index is -0.800. The molecule has 1 aromatic carbocycles. The molecule has 0 radical (unpaired) electrons. The third-order valence-electron chi connectivity index (χ3n) is 2.57. The number of hydrogen-bond donors (Lipinski definition) is 1. The topological polar surface area (TPSA) is 108 Å². The van der Waals surface area contributed by atoms with E-state index in [1.807, 2.05) is 0 Å². The van der Waals surface area contributed by atoms with Crippen molar-refractivity contribution in [1.82, 2.24) is 0 Å². The van der Waals surface area contributed by atoms with Gasteiger partial charge in [0.25, 0.3) is 5.69 Å². The van der Waals surface area contributed by atoms with Crippen LogP contribution in [0.3, 0.4) is 0 Å². The van der Waals surface area contributed by atoms with Crippen LogP contribution in [0.2, 0.25) is 0 Å². The lowest BCUT2D eigenvalue weighted by molar-refractivity contribution is -0.384. The van der Waals surface area contributed by atoms with Crippen LogP contribution in [0.5, 0.6) is 0 Å². The molecule has 21 heavy (non-hydrogen) atoms. The van der Waals surface area contributed by atoms with E-state index in [1.165, 1.54) is 18.2 Å². The normalized spacial score (nSPS) is 10.7. The Bertz CT molecular complexity index is 609. The van der Waals surface area contributed by atoms with E-state index in [0.29, 0.717) is 11.3 Å². The zero-order valence-corrected chi connectivity index (χ0v) is 11.7. The first-order valence-corrected chi connectivity index (χ1v) is 5.79. The number of anilines is 1. The number of benzene rings is 1. The van der Waals surface area contributed by atoms with Crippen molar-refractivity contribution < 1.29 is 24.0 Å². The van der Waals surface area contributed by atoms with Crippen molar-refractivity contribution in [2.45, 2.75) is 6.92 Å². The Kier molecular flexibility index (Phi) is 5.41. The molecule has 0 aromatic heterocycles. The second-order valence-corrected chi connectivity index (χ2v) is 3.95. The molecular formula is C13H14N2O6. The summed E-state index contributed by atoms with van der Waals surface area (Å²) in [6.07, 6.45) is 0.907. The number of nitrogens with one attached hydrogen (secondary N) is 1. The van der Waals surface area contributed by atoms with E-state index in [4.69, 9.17) is 0 Å². The maximum absolute atomic E-state index is 11.6. The Morgan fingerprint density at radius 2 is 1.95 bits per heavy atom. The summed E-state index contributed by atoms with van der Waals surface area (Å²) in [5, 5.41) is 13.4. The Hall–Kier alpha value is -2.90. The van der Waals surface area contributed by atoms with Crippen LogP contribution in [0.15, 0.2) is 30.0 Å². The summed E-state index contributed by atoms with van der Waals surface area (Å²) >= 11 is 0. The van der Waals surface area contributed by atoms with Crippen LogP contribution < -0.4 is 5.32 Å². The maximum atomic E-state index is 11.6. The Balaban J connectivity index is 3.17. The van der Waals surface area contributed by atoms with Crippen LogP contribution in [0.1, 0.15) is 5.56 Å². The molecule has 0 unspecified atom stereocenters. The summed E-state index contributed by atoms with van der Waals surface area (Å²) in [6.45, 7) is 1.69. The molecule has 0 aliphatic carbocycles. The molecule has 8 nitrogen and oxygen atoms in total. The Morgan fingerprint density at radius 3 is 2.48 bits per heavy atom. The van der Waals surface area contributed by atoms with Gasteiger partial charge in [-0.3, -0.25) is 10.1 Å². The molecule has 0 atom stereocenters. The number of non-ortho nitro benzene ring substituents is 1. The molecule has 0 saturated carbocycles. The van der Waals surface area contributed by atoms with Gasteiger partial charge in [0.15, 0.2) is 0 Å². The lowest BCUT2D eigenvalue weighted by Gasteiger charge is -2.11. The lowest BCUT2D eigenvalue weighted by Crippen LogP contribution is -2.16. The number of carbonyl (C=O) groups excluding carboxylic acids is 2. The van der Waals surface area contributed by atoms with Crippen molar-refractivity contribution in [2.75, 3.05) is 19.5 Å². The second kappa shape index (κ2) is 7.04. The van der Waals surface area contributed by atoms with E-state index in [9.17, 15) is 19.7 Å². The van der Waals surface area contributed by atoms with Gasteiger partial charge < -0.3 is 14.8 Å². The fourth-order valence-corrected chi connectivity index (χ4v) is 1.44. The molecular weight excluding hydrogens is 280 g/mol. The molecule has 1 aromatic rings. The fraction of sp³-hybridized carbons (Fsp3) is 0.231. The van der Waals surface area contributed by atoms with E-state index in [-0.39, 0.29) is 11.4 Å². The first-order valence-electron chi connectivity index (χ1n) is 5.79. The van der Waals surface area contributed by atoms with E-state index < -0.39 is 16.9 Å². The smallest absolute Gasteiger partial charge is 0.354 e. The number of carbonyl (C=O) groups is 2. The van der Waals surface area contributed by atoms with Gasteiger partial charge >= 0.3 is 11.9 Å². The minimum Gasteiger partial charge on any atom is -0.466 e. The van der Waals surface area contributed by atoms with Crippen LogP contribution in [0, 0.1) is 17.0 Å². The monoisotopic (exact) mass is 294 g/mol. The number of ether oxygens (including phenoxy) is 2. The molecule has 0 aliphatic rings. The Labute approximate surface area is 120 Å². The van der Waals surface area contributed by atoms with Crippen LogP contribution in [-0.4, -0.2) is 31.1 Å². The van der Waals surface area contributed by atoms with Crippen LogP contribution in [-0.2, 0) is 19.1 Å². The van der Waals surface area contributed by atoms with Crippen molar-refractivity contribution in [3.8, 4) is 0 Å². The third kappa shape index (κ3) is 4.30. The number of nitrogens with zero attached hydrogens (tertiary/aromatic N) is 1. The highest BCUT2D eigenvalue weighted by molar-refractivity contribution is 5.98. The van der Waals surface area contributed by atoms with Crippen LogP contribution >= 0.6 is 0 Å². The predicted molar refractivity (Wildman–Crippen MR) is 73.6 cm³/mol. The number of hydrogen-bond acceptors (Lipinski definition) is 7. The number of esters is 2. The molecule has 112 valence electrons. The summed E-state index contributed by atoms with van der Waals surface area (Å²) in [7, 11) is 2.31. The number of methoxy groups -OCH3 is 2. The molecule has 0 bridgehead atoms. The highest BCUT2D eigenvalue weighted by atomic mass is 16.6. The number of nitro benzene ring substituents is 1. The number of rotatable bonds is 5. The standard InChI is InChI=1S/C13H14N2O6/c1-8-4-5-9(15(18)19)6-10(8)14-11(13(17)21-3)7-12(16)20-2/h4-7,14H,1-3H3/b11-7-. The summed E-state index contributed by atoms with van der Waals surface area (Å²) in [6, 6.07) is 4.11. The van der Waals surface area contributed by atoms with E-state index in [0.717, 1.165) is 20.3 Å². The van der Waals surface area contributed by atoms with Gasteiger partial charge in [0.2, 0.25) is 0 Å². The highest BCUT2D eigenvalue weighted by Gasteiger charge is 2.15. The van der Waals surface area contributed by atoms with Gasteiger partial charge in [0.1, 0.15) is 5.70 Å². The van der Waals surface area contributed by atoms with Gasteiger partial charge in [-0.1, -0.05) is 6.07 Å². The molecule has 0 heterocycles. The van der Waals surface area contributed by atoms with Gasteiger partial charge in [0.05, 0.1) is 25.2 Å². The SMILES string of the molecule is COC(=O)/C=C(\Nc1cc([N+](=O)[O-])ccc1C)C(=O)OC. The molecule has 0 saturated heterocycles. The molecule has 8 heteroatoms. The first kappa shape index (κ1) is 16.2. The van der Waals surface area contributed by atoms with E-state index in [2.05, 4.69) is 14.8 Å². The van der Waals surface area contributed by atoms with Crippen molar-refractivity contribution in [1.29, 1.82) is 0 Å². The molecule has 1 N–H and O–H groups in total. The van der Waals surface area contributed by atoms with Crippen molar-refractivity contribution in [3.05, 3.63) is 45.6 Å². The quantitative estimate of drug-likeness (QED) is 0.380. The molecule has 0 aliphatic heterocycles. The van der Waals surface area contributed by atoms with Crippen molar-refractivity contribution >= 4 is 23.3 Å². The molecule has 0 amide bonds. The lowest BCUT2D eigenvalue weighted by atomic mass is 10.1. The van der Waals surface area contributed by atoms with Gasteiger partial charge in [-0.15, -0.1) is 0 Å². The van der Waals surface area contributed by atoms with Crippen molar-refractivity contribution in [3.63, 3.8) is 0 Å². The van der Waals surface area contributed by atoms with E-state index >= 15 is 0 Å². The Morgan fingerprint density at radius 1 is 1.29 bits per heavy atom.